The molecule has 1 unspecified atom stereocenters. The van der Waals surface area contributed by atoms with Crippen molar-refractivity contribution < 1.29 is 0 Å². The number of nitrogens with zero attached hydrogens (tertiary/aromatic N) is 1. The first-order valence-corrected chi connectivity index (χ1v) is 6.76. The summed E-state index contributed by atoms with van der Waals surface area (Å²) >= 11 is 1.73. The van der Waals surface area contributed by atoms with Gasteiger partial charge in [-0.2, -0.15) is 0 Å². The lowest BCUT2D eigenvalue weighted by Crippen LogP contribution is -2.29. The van der Waals surface area contributed by atoms with Gasteiger partial charge in [0, 0.05) is 17.1 Å². The Morgan fingerprint density at radius 3 is 2.88 bits per heavy atom. The van der Waals surface area contributed by atoms with Crippen molar-refractivity contribution in [1.29, 1.82) is 0 Å². The molecule has 90 valence electrons. The van der Waals surface area contributed by atoms with Gasteiger partial charge in [-0.25, -0.2) is 0 Å². The van der Waals surface area contributed by atoms with Crippen LogP contribution in [0.5, 0.6) is 0 Å². The molecule has 0 bridgehead atoms. The van der Waals surface area contributed by atoms with E-state index < -0.39 is 0 Å². The summed E-state index contributed by atoms with van der Waals surface area (Å²) in [6, 6.07) is 9.21. The zero-order valence-electron chi connectivity index (χ0n) is 10.3. The van der Waals surface area contributed by atoms with Crippen LogP contribution >= 0.6 is 11.3 Å². The number of likely N-dealkylation sites (N-methyl/N-ethyl adjacent to an activating group) is 1. The molecule has 1 aromatic carbocycles. The zero-order chi connectivity index (χ0) is 12.1. The second-order valence-corrected chi connectivity index (χ2v) is 5.32. The summed E-state index contributed by atoms with van der Waals surface area (Å²) in [5.74, 6) is 0. The molecule has 0 spiro atoms. The lowest BCUT2D eigenvalue weighted by atomic mass is 10.0. The fourth-order valence-electron chi connectivity index (χ4n) is 1.99. The molecule has 2 nitrogen and oxygen atoms in total. The highest BCUT2D eigenvalue weighted by molar-refractivity contribution is 7.09. The molecule has 0 amide bonds. The first-order valence-electron chi connectivity index (χ1n) is 5.88. The average Bonchev–Trinajstić information content (AvgIpc) is 2.81. The number of nitrogens with one attached hydrogen (secondary N) is 1. The minimum atomic E-state index is 0.484. The maximum atomic E-state index is 4.12. The molecule has 0 saturated carbocycles. The number of hydrogen-bond acceptors (Lipinski definition) is 3. The first-order chi connectivity index (χ1) is 8.28. The fourth-order valence-corrected chi connectivity index (χ4v) is 2.66. The molecule has 3 heteroatoms. The van der Waals surface area contributed by atoms with Crippen LogP contribution in [0.25, 0.3) is 0 Å². The van der Waals surface area contributed by atoms with Gasteiger partial charge in [0.05, 0.1) is 5.51 Å². The molecular weight excluding hydrogens is 228 g/mol. The Morgan fingerprint density at radius 1 is 1.35 bits per heavy atom. The van der Waals surface area contributed by atoms with E-state index in [1.165, 1.54) is 16.0 Å². The average molecular weight is 246 g/mol. The molecule has 0 aliphatic rings. The Kier molecular flexibility index (Phi) is 4.29. The SMILES string of the molecule is CNC(Cc1cccc(C)c1)Cc1cncs1. The monoisotopic (exact) mass is 246 g/mol. The fraction of sp³-hybridized carbons (Fsp3) is 0.357. The maximum absolute atomic E-state index is 4.12. The van der Waals surface area contributed by atoms with Crippen LogP contribution in [-0.4, -0.2) is 18.1 Å². The van der Waals surface area contributed by atoms with E-state index in [0.717, 1.165) is 12.8 Å². The lowest BCUT2D eigenvalue weighted by Gasteiger charge is -2.15. The number of hydrogen-bond donors (Lipinski definition) is 1. The second-order valence-electron chi connectivity index (χ2n) is 4.35. The van der Waals surface area contributed by atoms with Crippen molar-refractivity contribution in [2.75, 3.05) is 7.05 Å². The van der Waals surface area contributed by atoms with Crippen LogP contribution in [-0.2, 0) is 12.8 Å². The smallest absolute Gasteiger partial charge is 0.0794 e. The zero-order valence-corrected chi connectivity index (χ0v) is 11.1. The molecule has 0 aliphatic carbocycles. The Bertz CT molecular complexity index is 451. The summed E-state index contributed by atoms with van der Waals surface area (Å²) in [6.07, 6.45) is 4.08. The molecule has 0 saturated heterocycles. The largest absolute Gasteiger partial charge is 0.316 e. The molecule has 2 aromatic rings. The van der Waals surface area contributed by atoms with E-state index in [-0.39, 0.29) is 0 Å². The van der Waals surface area contributed by atoms with Crippen LogP contribution < -0.4 is 5.32 Å². The van der Waals surface area contributed by atoms with E-state index in [1.807, 2.05) is 18.8 Å². The molecule has 0 aliphatic heterocycles. The maximum Gasteiger partial charge on any atom is 0.0794 e. The first kappa shape index (κ1) is 12.3. The Morgan fingerprint density at radius 2 is 2.24 bits per heavy atom. The Hall–Kier alpha value is -1.19. The third kappa shape index (κ3) is 3.65. The quantitative estimate of drug-likeness (QED) is 0.877. The van der Waals surface area contributed by atoms with Gasteiger partial charge in [-0.3, -0.25) is 4.98 Å². The third-order valence-corrected chi connectivity index (χ3v) is 3.71. The van der Waals surface area contributed by atoms with Crippen molar-refractivity contribution in [1.82, 2.24) is 10.3 Å². The van der Waals surface area contributed by atoms with Crippen LogP contribution in [0.1, 0.15) is 16.0 Å². The van der Waals surface area contributed by atoms with E-state index in [4.69, 9.17) is 0 Å². The molecule has 0 radical (unpaired) electrons. The number of aromatic nitrogens is 1. The molecule has 1 heterocycles. The highest BCUT2D eigenvalue weighted by Crippen LogP contribution is 2.13. The lowest BCUT2D eigenvalue weighted by molar-refractivity contribution is 0.560. The van der Waals surface area contributed by atoms with Crippen molar-refractivity contribution >= 4 is 11.3 Å². The van der Waals surface area contributed by atoms with Gasteiger partial charge in [0.25, 0.3) is 0 Å². The van der Waals surface area contributed by atoms with E-state index in [1.54, 1.807) is 11.3 Å². The summed E-state index contributed by atoms with van der Waals surface area (Å²) < 4.78 is 0. The van der Waals surface area contributed by atoms with Gasteiger partial charge >= 0.3 is 0 Å². The number of benzene rings is 1. The standard InChI is InChI=1S/C14H18N2S/c1-11-4-3-5-12(6-11)7-13(15-2)8-14-9-16-10-17-14/h3-6,9-10,13,15H,7-8H2,1-2H3. The third-order valence-electron chi connectivity index (χ3n) is 2.90. The van der Waals surface area contributed by atoms with Gasteiger partial charge in [0.2, 0.25) is 0 Å². The minimum absolute atomic E-state index is 0.484. The summed E-state index contributed by atoms with van der Waals surface area (Å²) in [5.41, 5.74) is 4.62. The van der Waals surface area contributed by atoms with E-state index in [0.29, 0.717) is 6.04 Å². The van der Waals surface area contributed by atoms with Crippen LogP contribution in [0, 0.1) is 6.92 Å². The number of rotatable bonds is 5. The van der Waals surface area contributed by atoms with Crippen molar-refractivity contribution in [2.24, 2.45) is 0 Å². The molecule has 1 atom stereocenters. The molecule has 1 N–H and O–H groups in total. The van der Waals surface area contributed by atoms with Gasteiger partial charge in [0.1, 0.15) is 0 Å². The van der Waals surface area contributed by atoms with Crippen molar-refractivity contribution in [3.8, 4) is 0 Å². The Balaban J connectivity index is 2.00. The summed E-state index contributed by atoms with van der Waals surface area (Å²) in [5, 5.41) is 3.39. The van der Waals surface area contributed by atoms with E-state index >= 15 is 0 Å². The molecule has 0 fully saturated rings. The summed E-state index contributed by atoms with van der Waals surface area (Å²) in [6.45, 7) is 2.14. The van der Waals surface area contributed by atoms with Crippen molar-refractivity contribution in [3.63, 3.8) is 0 Å². The second kappa shape index (κ2) is 5.94. The van der Waals surface area contributed by atoms with Crippen LogP contribution in [0.2, 0.25) is 0 Å². The van der Waals surface area contributed by atoms with E-state index in [9.17, 15) is 0 Å². The van der Waals surface area contributed by atoms with Gasteiger partial charge in [-0.05, 0) is 32.4 Å². The van der Waals surface area contributed by atoms with Crippen LogP contribution in [0.4, 0.5) is 0 Å². The predicted molar refractivity (Wildman–Crippen MR) is 73.5 cm³/mol. The molecule has 17 heavy (non-hydrogen) atoms. The highest BCUT2D eigenvalue weighted by Gasteiger charge is 2.09. The van der Waals surface area contributed by atoms with Gasteiger partial charge < -0.3 is 5.32 Å². The molecule has 2 rings (SSSR count). The number of aryl methyl sites for hydroxylation is 1. The van der Waals surface area contributed by atoms with Crippen LogP contribution in [0.3, 0.4) is 0 Å². The summed E-state index contributed by atoms with van der Waals surface area (Å²) in [7, 11) is 2.03. The highest BCUT2D eigenvalue weighted by atomic mass is 32.1. The van der Waals surface area contributed by atoms with Gasteiger partial charge in [-0.15, -0.1) is 11.3 Å². The van der Waals surface area contributed by atoms with Crippen molar-refractivity contribution in [2.45, 2.75) is 25.8 Å². The topological polar surface area (TPSA) is 24.9 Å². The minimum Gasteiger partial charge on any atom is -0.316 e. The predicted octanol–water partition coefficient (Wildman–Crippen LogP) is 2.82. The normalized spacial score (nSPS) is 12.6. The van der Waals surface area contributed by atoms with Gasteiger partial charge in [0.15, 0.2) is 0 Å². The van der Waals surface area contributed by atoms with Crippen LogP contribution in [0.15, 0.2) is 36.0 Å². The number of thiazole rings is 1. The summed E-state index contributed by atoms with van der Waals surface area (Å²) in [4.78, 5) is 5.47. The molecular formula is C14H18N2S. The molecule has 1 aromatic heterocycles. The van der Waals surface area contributed by atoms with Crippen molar-refractivity contribution in [3.05, 3.63) is 52.0 Å². The van der Waals surface area contributed by atoms with E-state index in [2.05, 4.69) is 41.5 Å². The Labute approximate surface area is 107 Å². The van der Waals surface area contributed by atoms with Gasteiger partial charge in [-0.1, -0.05) is 29.8 Å².